The van der Waals surface area contributed by atoms with Gasteiger partial charge < -0.3 is 5.48 Å². The Hall–Kier alpha value is 0.968. The molecule has 0 saturated heterocycles. The molecule has 0 bridgehead atoms. The van der Waals surface area contributed by atoms with Crippen LogP contribution in [0.15, 0.2) is 0 Å². The third-order valence-corrected chi connectivity index (χ3v) is 0. The van der Waals surface area contributed by atoms with Gasteiger partial charge in [-0.2, -0.15) is 0 Å². The SMILES string of the molecule is F.F.F.F.O.[Na+].[O]=[Mo]=[O]. The zero-order valence-corrected chi connectivity index (χ0v) is 8.36. The summed E-state index contributed by atoms with van der Waals surface area (Å²) in [7, 11) is 0. The Kier molecular flexibility index (Phi) is 1490. The van der Waals surface area contributed by atoms with Crippen LogP contribution in [0.4, 0.5) is 18.8 Å². The van der Waals surface area contributed by atoms with E-state index in [-0.39, 0.29) is 53.9 Å². The molecule has 0 heterocycles. The van der Waals surface area contributed by atoms with E-state index in [1.807, 2.05) is 0 Å². The van der Waals surface area contributed by atoms with Gasteiger partial charge in [-0.1, -0.05) is 0 Å². The number of rotatable bonds is 0. The molecule has 0 amide bonds. The molecule has 9 heavy (non-hydrogen) atoms. The molecule has 9 heteroatoms. The molecule has 0 radical (unpaired) electrons. The van der Waals surface area contributed by atoms with Crippen LogP contribution in [0.5, 0.6) is 0 Å². The number of halogens is 4. The Bertz CT molecular complexity index is 36.8. The average Bonchev–Trinajstić information content (AvgIpc) is 0.918. The molecule has 0 aliphatic carbocycles. The van der Waals surface area contributed by atoms with Gasteiger partial charge in [0, 0.05) is 0 Å². The van der Waals surface area contributed by atoms with Crippen molar-refractivity contribution in [3.05, 3.63) is 0 Å². The Morgan fingerprint density at radius 2 is 0.778 bits per heavy atom. The van der Waals surface area contributed by atoms with E-state index in [1.54, 1.807) is 0 Å². The van der Waals surface area contributed by atoms with Crippen LogP contribution in [0.1, 0.15) is 0 Å². The maximum absolute atomic E-state index is 8.50. The van der Waals surface area contributed by atoms with Crippen molar-refractivity contribution in [1.29, 1.82) is 0 Å². The van der Waals surface area contributed by atoms with Gasteiger partial charge in [-0.15, -0.1) is 0 Å². The normalized spacial score (nSPS) is 1.33. The molecule has 0 fully saturated rings. The van der Waals surface area contributed by atoms with Gasteiger partial charge in [0.25, 0.3) is 0 Å². The molecule has 0 aliphatic rings. The second-order valence-electron chi connectivity index (χ2n) is 0.0680. The zero-order valence-electron chi connectivity index (χ0n) is 4.36. The number of hydrogen-bond acceptors (Lipinski definition) is 2. The predicted octanol–water partition coefficient (Wildman–Crippen LogP) is -3.45. The second-order valence-corrected chi connectivity index (χ2v) is 0.403. The first kappa shape index (κ1) is 91.0. The molecule has 0 saturated carbocycles. The van der Waals surface area contributed by atoms with E-state index < -0.39 is 18.5 Å². The van der Waals surface area contributed by atoms with E-state index >= 15 is 0 Å². The van der Waals surface area contributed by atoms with Crippen molar-refractivity contribution >= 4 is 0 Å². The van der Waals surface area contributed by atoms with Crippen LogP contribution in [0.2, 0.25) is 0 Å². The van der Waals surface area contributed by atoms with Crippen molar-refractivity contribution in [3.63, 3.8) is 0 Å². The molecule has 0 aromatic heterocycles. The summed E-state index contributed by atoms with van der Waals surface area (Å²) in [5.41, 5.74) is 0. The van der Waals surface area contributed by atoms with E-state index in [9.17, 15) is 0 Å². The van der Waals surface area contributed by atoms with Gasteiger partial charge >= 0.3 is 54.8 Å². The third-order valence-electron chi connectivity index (χ3n) is 0. The van der Waals surface area contributed by atoms with Gasteiger partial charge in [0.05, 0.1) is 0 Å². The van der Waals surface area contributed by atoms with Gasteiger partial charge in [-0.05, 0) is 0 Å². The summed E-state index contributed by atoms with van der Waals surface area (Å²) in [5, 5.41) is 0. The molecule has 2 N–H and O–H groups in total. The van der Waals surface area contributed by atoms with Crippen LogP contribution >= 0.6 is 0 Å². The van der Waals surface area contributed by atoms with Crippen LogP contribution in [0, 0.1) is 0 Å². The molecular weight excluding hydrogens is 243 g/mol. The van der Waals surface area contributed by atoms with E-state index in [0.717, 1.165) is 0 Å². The fourth-order valence-corrected chi connectivity index (χ4v) is 0. The molecule has 0 spiro atoms. The molecule has 0 atom stereocenters. The Labute approximate surface area is 78.8 Å². The molecular formula is H6F4MoNaO3+. The summed E-state index contributed by atoms with van der Waals surface area (Å²) in [6, 6.07) is 0. The van der Waals surface area contributed by atoms with Crippen LogP contribution in [-0.4, -0.2) is 5.48 Å². The Morgan fingerprint density at radius 3 is 0.778 bits per heavy atom. The van der Waals surface area contributed by atoms with Crippen molar-refractivity contribution in [2.24, 2.45) is 0 Å². The molecule has 0 rings (SSSR count). The second kappa shape index (κ2) is 147. The van der Waals surface area contributed by atoms with Crippen molar-refractivity contribution in [1.82, 2.24) is 0 Å². The van der Waals surface area contributed by atoms with E-state index in [4.69, 9.17) is 6.80 Å². The van der Waals surface area contributed by atoms with Gasteiger partial charge in [-0.3, -0.25) is 18.8 Å². The quantitative estimate of drug-likeness (QED) is 0.331. The van der Waals surface area contributed by atoms with Crippen LogP contribution in [0.25, 0.3) is 0 Å². The van der Waals surface area contributed by atoms with Gasteiger partial charge in [0.1, 0.15) is 0 Å². The zero-order chi connectivity index (χ0) is 2.71. The summed E-state index contributed by atoms with van der Waals surface area (Å²) < 4.78 is 17.0. The Morgan fingerprint density at radius 1 is 0.778 bits per heavy atom. The topological polar surface area (TPSA) is 65.6 Å². The molecule has 58 valence electrons. The van der Waals surface area contributed by atoms with Crippen molar-refractivity contribution in [2.45, 2.75) is 0 Å². The predicted molar refractivity (Wildman–Crippen MR) is 15.0 cm³/mol. The third kappa shape index (κ3) is 464. The maximum atomic E-state index is 8.50. The molecule has 3 nitrogen and oxygen atoms in total. The van der Waals surface area contributed by atoms with Gasteiger partial charge in [-0.25, -0.2) is 0 Å². The van der Waals surface area contributed by atoms with E-state index in [0.29, 0.717) is 0 Å². The van der Waals surface area contributed by atoms with Crippen LogP contribution in [0.3, 0.4) is 0 Å². The van der Waals surface area contributed by atoms with E-state index in [1.165, 1.54) is 0 Å². The summed E-state index contributed by atoms with van der Waals surface area (Å²) in [6.45, 7) is 0. The van der Waals surface area contributed by atoms with Gasteiger partial charge in [0.2, 0.25) is 0 Å². The minimum atomic E-state index is -2.03. The number of hydrogen-bond donors (Lipinski definition) is 0. The van der Waals surface area contributed by atoms with E-state index in [2.05, 4.69) is 0 Å². The fraction of sp³-hybridized carbons (Fsp3) is 0. The van der Waals surface area contributed by atoms with Gasteiger partial charge in [0.15, 0.2) is 0 Å². The molecule has 0 aromatic rings. The molecule has 0 unspecified atom stereocenters. The summed E-state index contributed by atoms with van der Waals surface area (Å²) in [4.78, 5) is 0. The molecule has 0 aliphatic heterocycles. The summed E-state index contributed by atoms with van der Waals surface area (Å²) in [5.74, 6) is 0. The van der Waals surface area contributed by atoms with Crippen molar-refractivity contribution in [3.8, 4) is 0 Å². The van der Waals surface area contributed by atoms with Crippen molar-refractivity contribution in [2.75, 3.05) is 0 Å². The van der Waals surface area contributed by atoms with Crippen LogP contribution in [-0.2, 0) is 25.3 Å². The summed E-state index contributed by atoms with van der Waals surface area (Å²) >= 11 is -2.03. The molecule has 0 aromatic carbocycles. The first-order valence-corrected chi connectivity index (χ1v) is 1.97. The van der Waals surface area contributed by atoms with Crippen LogP contribution < -0.4 is 29.6 Å². The fourth-order valence-electron chi connectivity index (χ4n) is 0. The average molecular weight is 249 g/mol. The first-order valence-electron chi connectivity index (χ1n) is 0.333. The van der Waals surface area contributed by atoms with Crippen molar-refractivity contribution < 1.29 is 79.1 Å². The minimum absolute atomic E-state index is 0. The summed E-state index contributed by atoms with van der Waals surface area (Å²) in [6.07, 6.45) is 0. The Balaban J connectivity index is -0.00000000133. The monoisotopic (exact) mass is 251 g/mol. The first-order chi connectivity index (χ1) is 1.41. The standard InChI is InChI=1S/4FH.Mo.Na.H2O.2O/h4*1H;;;1H2;;/q;;;;;+1;;;.